The van der Waals surface area contributed by atoms with Crippen LogP contribution in [0.4, 0.5) is 0 Å². The van der Waals surface area contributed by atoms with Crippen LogP contribution in [0.3, 0.4) is 0 Å². The highest BCUT2D eigenvalue weighted by atomic mass is 127. The topological polar surface area (TPSA) is 89.5 Å². The van der Waals surface area contributed by atoms with Crippen molar-refractivity contribution < 1.29 is 9.47 Å². The first kappa shape index (κ1) is 28.0. The van der Waals surface area contributed by atoms with Gasteiger partial charge in [0.15, 0.2) is 12.4 Å². The lowest BCUT2D eigenvalue weighted by Gasteiger charge is -2.18. The van der Waals surface area contributed by atoms with Gasteiger partial charge in [0.05, 0.1) is 30.9 Å². The Balaban J connectivity index is 1.91. The Hall–Kier alpha value is -2.98. The molecule has 0 radical (unpaired) electrons. The number of ether oxygens (including phenoxy) is 2. The van der Waals surface area contributed by atoms with E-state index >= 15 is 0 Å². The highest BCUT2D eigenvalue weighted by Crippen LogP contribution is 2.34. The summed E-state index contributed by atoms with van der Waals surface area (Å²) in [6.07, 6.45) is 1.65. The maximum absolute atomic E-state index is 13.7. The summed E-state index contributed by atoms with van der Waals surface area (Å²) in [6.45, 7) is 8.73. The van der Waals surface area contributed by atoms with Gasteiger partial charge in [-0.05, 0) is 118 Å². The maximum atomic E-state index is 13.7. The van der Waals surface area contributed by atoms with Gasteiger partial charge in [-0.3, -0.25) is 4.79 Å². The molecule has 1 aromatic heterocycles. The van der Waals surface area contributed by atoms with Crippen LogP contribution >= 0.6 is 45.2 Å². The Bertz CT molecular complexity index is 1610. The number of hydrogen-bond acceptors (Lipinski definition) is 6. The van der Waals surface area contributed by atoms with E-state index in [1.54, 1.807) is 12.3 Å². The molecule has 0 N–H and O–H groups in total. The van der Waals surface area contributed by atoms with Crippen LogP contribution in [0, 0.1) is 25.4 Å². The molecule has 0 aliphatic rings. The Morgan fingerprint density at radius 1 is 1.13 bits per heavy atom. The lowest BCUT2D eigenvalue weighted by molar-refractivity contribution is 0.335. The number of hydrogen-bond donors (Lipinski definition) is 0. The minimum Gasteiger partial charge on any atom is -0.494 e. The smallest absolute Gasteiger partial charge is 0.282 e. The summed E-state index contributed by atoms with van der Waals surface area (Å²) in [6, 6.07) is 17.2. The molecule has 0 bridgehead atoms. The molecule has 0 fully saturated rings. The number of benzene rings is 3. The number of aromatic nitrogens is 2. The summed E-state index contributed by atoms with van der Waals surface area (Å²) in [5.41, 5.74) is 3.96. The highest BCUT2D eigenvalue weighted by molar-refractivity contribution is 14.1. The molecule has 0 aliphatic heterocycles. The van der Waals surface area contributed by atoms with Gasteiger partial charge in [0, 0.05) is 5.56 Å². The standard InChI is InChI=1S/C29H26I2N4O3/c1-5-37-26-12-18(4)22(15-21(26)17(2)3)28-34-25-9-7-6-8-20(25)29(36)35(28)33-16-19-13-23(30)27(24(31)14-19)38-11-10-32/h6-9,12-17H,5,11H2,1-4H3. The Morgan fingerprint density at radius 3 is 2.50 bits per heavy atom. The zero-order chi connectivity index (χ0) is 27.4. The molecule has 4 aromatic rings. The third-order valence-corrected chi connectivity index (χ3v) is 7.50. The molecule has 0 unspecified atom stereocenters. The van der Waals surface area contributed by atoms with Crippen molar-refractivity contribution in [3.8, 4) is 29.0 Å². The van der Waals surface area contributed by atoms with E-state index in [1.165, 1.54) is 4.68 Å². The molecule has 0 saturated carbocycles. The quantitative estimate of drug-likeness (QED) is 0.146. The molecular formula is C29H26I2N4O3. The molecule has 0 amide bonds. The van der Waals surface area contributed by atoms with Gasteiger partial charge in [-0.1, -0.05) is 26.0 Å². The Kier molecular flexibility index (Phi) is 9.04. The first-order valence-corrected chi connectivity index (χ1v) is 14.2. The van der Waals surface area contributed by atoms with E-state index in [0.717, 1.165) is 35.1 Å². The number of nitrogens with zero attached hydrogens (tertiary/aromatic N) is 4. The number of fused-ring (bicyclic) bond motifs is 1. The van der Waals surface area contributed by atoms with Crippen LogP contribution in [-0.4, -0.2) is 29.1 Å². The third kappa shape index (κ3) is 5.86. The molecule has 0 spiro atoms. The predicted octanol–water partition coefficient (Wildman–Crippen LogP) is 6.89. The summed E-state index contributed by atoms with van der Waals surface area (Å²) in [4.78, 5) is 18.6. The summed E-state index contributed by atoms with van der Waals surface area (Å²) in [7, 11) is 0. The fraction of sp³-hybridized carbons (Fsp3) is 0.241. The van der Waals surface area contributed by atoms with E-state index in [9.17, 15) is 4.79 Å². The van der Waals surface area contributed by atoms with E-state index in [1.807, 2.05) is 56.3 Å². The van der Waals surface area contributed by atoms with Crippen molar-refractivity contribution in [3.63, 3.8) is 0 Å². The minimum absolute atomic E-state index is 0.0270. The van der Waals surface area contributed by atoms with Gasteiger partial charge in [0.1, 0.15) is 17.6 Å². The molecule has 194 valence electrons. The zero-order valence-corrected chi connectivity index (χ0v) is 25.8. The minimum atomic E-state index is -0.250. The molecule has 0 aliphatic carbocycles. The Labute approximate surface area is 248 Å². The lowest BCUT2D eigenvalue weighted by atomic mass is 9.96. The average molecular weight is 732 g/mol. The van der Waals surface area contributed by atoms with Crippen LogP contribution in [0.25, 0.3) is 22.3 Å². The van der Waals surface area contributed by atoms with Gasteiger partial charge in [-0.25, -0.2) is 4.98 Å². The van der Waals surface area contributed by atoms with E-state index < -0.39 is 0 Å². The Morgan fingerprint density at radius 2 is 1.84 bits per heavy atom. The zero-order valence-electron chi connectivity index (χ0n) is 21.5. The van der Waals surface area contributed by atoms with Crippen molar-refractivity contribution in [3.05, 3.63) is 82.7 Å². The van der Waals surface area contributed by atoms with Crippen molar-refractivity contribution in [2.75, 3.05) is 13.2 Å². The van der Waals surface area contributed by atoms with Gasteiger partial charge >= 0.3 is 0 Å². The van der Waals surface area contributed by atoms with Crippen molar-refractivity contribution in [1.82, 2.24) is 9.66 Å². The SMILES string of the molecule is CCOc1cc(C)c(-c2nc3ccccc3c(=O)n2N=Cc2cc(I)c(OCC#N)c(I)c2)cc1C(C)C. The molecule has 1 heterocycles. The third-order valence-electron chi connectivity index (χ3n) is 5.90. The second-order valence-electron chi connectivity index (χ2n) is 8.87. The molecule has 9 heteroatoms. The second-order valence-corrected chi connectivity index (χ2v) is 11.2. The van der Waals surface area contributed by atoms with E-state index in [-0.39, 0.29) is 18.1 Å². The van der Waals surface area contributed by atoms with Gasteiger partial charge in [0.25, 0.3) is 5.56 Å². The predicted molar refractivity (Wildman–Crippen MR) is 167 cm³/mol. The van der Waals surface area contributed by atoms with Crippen LogP contribution in [0.2, 0.25) is 0 Å². The normalized spacial score (nSPS) is 11.3. The van der Waals surface area contributed by atoms with E-state index in [2.05, 4.69) is 70.2 Å². The number of nitriles is 1. The number of para-hydroxylation sites is 1. The number of halogens is 2. The molecule has 4 rings (SSSR count). The van der Waals surface area contributed by atoms with Crippen LogP contribution in [0.5, 0.6) is 11.5 Å². The van der Waals surface area contributed by atoms with Gasteiger partial charge in [-0.2, -0.15) is 15.0 Å². The highest BCUT2D eigenvalue weighted by Gasteiger charge is 2.18. The largest absolute Gasteiger partial charge is 0.494 e. The van der Waals surface area contributed by atoms with Crippen molar-refractivity contribution in [1.29, 1.82) is 5.26 Å². The average Bonchev–Trinajstić information content (AvgIpc) is 2.88. The molecule has 0 saturated heterocycles. The van der Waals surface area contributed by atoms with Crippen LogP contribution in [-0.2, 0) is 0 Å². The molecule has 3 aromatic carbocycles. The molecule has 0 atom stereocenters. The van der Waals surface area contributed by atoms with Gasteiger partial charge < -0.3 is 9.47 Å². The summed E-state index contributed by atoms with van der Waals surface area (Å²) in [5, 5.41) is 14.0. The van der Waals surface area contributed by atoms with E-state index in [4.69, 9.17) is 19.7 Å². The van der Waals surface area contributed by atoms with Crippen LogP contribution in [0.15, 0.2) is 58.4 Å². The van der Waals surface area contributed by atoms with Crippen molar-refractivity contribution in [2.45, 2.75) is 33.6 Å². The van der Waals surface area contributed by atoms with Gasteiger partial charge in [-0.15, -0.1) is 0 Å². The summed E-state index contributed by atoms with van der Waals surface area (Å²) in [5.74, 6) is 2.17. The first-order chi connectivity index (χ1) is 18.2. The maximum Gasteiger partial charge on any atom is 0.282 e. The molecular weight excluding hydrogens is 706 g/mol. The number of rotatable bonds is 8. The van der Waals surface area contributed by atoms with Crippen molar-refractivity contribution >= 4 is 62.3 Å². The second kappa shape index (κ2) is 12.3. The first-order valence-electron chi connectivity index (χ1n) is 12.1. The fourth-order valence-electron chi connectivity index (χ4n) is 4.10. The van der Waals surface area contributed by atoms with Gasteiger partial charge in [0.2, 0.25) is 0 Å². The summed E-state index contributed by atoms with van der Waals surface area (Å²) < 4.78 is 14.5. The molecule has 38 heavy (non-hydrogen) atoms. The van der Waals surface area contributed by atoms with Crippen molar-refractivity contribution in [2.24, 2.45) is 5.10 Å². The molecule has 7 nitrogen and oxygen atoms in total. The van der Waals surface area contributed by atoms with E-state index in [0.29, 0.717) is 29.1 Å². The lowest BCUT2D eigenvalue weighted by Crippen LogP contribution is -2.21. The van der Waals surface area contributed by atoms with Crippen LogP contribution < -0.4 is 15.0 Å². The monoisotopic (exact) mass is 732 g/mol. The fourth-order valence-corrected chi connectivity index (χ4v) is 6.22. The van der Waals surface area contributed by atoms with Crippen LogP contribution in [0.1, 0.15) is 43.4 Å². The number of aryl methyl sites for hydroxylation is 1. The summed E-state index contributed by atoms with van der Waals surface area (Å²) >= 11 is 4.34.